The third kappa shape index (κ3) is 2.13. The first-order valence-corrected chi connectivity index (χ1v) is 4.89. The second-order valence-corrected chi connectivity index (χ2v) is 4.34. The molecule has 0 radical (unpaired) electrons. The zero-order valence-corrected chi connectivity index (χ0v) is 8.67. The third-order valence-electron chi connectivity index (χ3n) is 2.43. The molecule has 2 heterocycles. The number of hydrogen-bond donors (Lipinski definition) is 1. The van der Waals surface area contributed by atoms with Crippen molar-refractivity contribution in [2.75, 3.05) is 19.8 Å². The highest BCUT2D eigenvalue weighted by Gasteiger charge is 2.32. The maximum absolute atomic E-state index is 5.17. The number of nitrogens with one attached hydrogen (secondary N) is 1. The number of aryl methyl sites for hydroxylation is 1. The summed E-state index contributed by atoms with van der Waals surface area (Å²) in [4.78, 5) is 0. The Bertz CT molecular complexity index is 305. The summed E-state index contributed by atoms with van der Waals surface area (Å²) in [6.07, 6.45) is 0. The van der Waals surface area contributed by atoms with E-state index in [0.717, 1.165) is 37.8 Å². The molecule has 2 rings (SSSR count). The lowest BCUT2D eigenvalue weighted by Gasteiger charge is -2.38. The summed E-state index contributed by atoms with van der Waals surface area (Å²) < 4.78 is 10.3. The first-order chi connectivity index (χ1) is 6.68. The Morgan fingerprint density at radius 3 is 2.86 bits per heavy atom. The minimum Gasteiger partial charge on any atom is -0.380 e. The summed E-state index contributed by atoms with van der Waals surface area (Å²) in [5, 5.41) is 7.17. The van der Waals surface area contributed by atoms with Crippen molar-refractivity contribution in [1.29, 1.82) is 0 Å². The van der Waals surface area contributed by atoms with Gasteiger partial charge in [-0.25, -0.2) is 0 Å². The summed E-state index contributed by atoms with van der Waals surface area (Å²) in [5.41, 5.74) is 1.25. The van der Waals surface area contributed by atoms with Gasteiger partial charge < -0.3 is 14.6 Å². The van der Waals surface area contributed by atoms with Crippen LogP contribution < -0.4 is 5.32 Å². The first kappa shape index (κ1) is 9.68. The first-order valence-electron chi connectivity index (χ1n) is 4.89. The predicted molar refractivity (Wildman–Crippen MR) is 51.9 cm³/mol. The molecule has 0 unspecified atom stereocenters. The molecule has 1 aliphatic heterocycles. The van der Waals surface area contributed by atoms with E-state index in [-0.39, 0.29) is 0 Å². The molecule has 78 valence electrons. The molecule has 4 nitrogen and oxygen atoms in total. The van der Waals surface area contributed by atoms with E-state index in [2.05, 4.69) is 17.4 Å². The zero-order valence-electron chi connectivity index (χ0n) is 8.67. The largest absolute Gasteiger partial charge is 0.380 e. The molecular formula is C10H16N2O2. The van der Waals surface area contributed by atoms with Gasteiger partial charge in [-0.05, 0) is 6.92 Å². The minimum absolute atomic E-state index is 0.315. The molecule has 4 heteroatoms. The van der Waals surface area contributed by atoms with E-state index in [1.54, 1.807) is 0 Å². The number of aromatic nitrogens is 1. The SMILES string of the molecule is Cc1cc(CNCC2(C)COC2)on1. The number of nitrogens with zero attached hydrogens (tertiary/aromatic N) is 1. The number of rotatable bonds is 4. The van der Waals surface area contributed by atoms with Gasteiger partial charge in [-0.3, -0.25) is 0 Å². The quantitative estimate of drug-likeness (QED) is 0.783. The van der Waals surface area contributed by atoms with Crippen molar-refractivity contribution in [3.8, 4) is 0 Å². The van der Waals surface area contributed by atoms with Gasteiger partial charge in [0.15, 0.2) is 5.76 Å². The lowest BCUT2D eigenvalue weighted by molar-refractivity contribution is -0.0993. The predicted octanol–water partition coefficient (Wildman–Crippen LogP) is 1.11. The van der Waals surface area contributed by atoms with Crippen LogP contribution in [0.25, 0.3) is 0 Å². The molecule has 1 saturated heterocycles. The highest BCUT2D eigenvalue weighted by molar-refractivity contribution is 5.02. The molecule has 0 spiro atoms. The average Bonchev–Trinajstić information content (AvgIpc) is 2.49. The molecule has 0 aromatic carbocycles. The molecule has 1 aromatic rings. The highest BCUT2D eigenvalue weighted by Crippen LogP contribution is 2.25. The Morgan fingerprint density at radius 1 is 1.57 bits per heavy atom. The Morgan fingerprint density at radius 2 is 2.36 bits per heavy atom. The molecule has 0 atom stereocenters. The fourth-order valence-corrected chi connectivity index (χ4v) is 1.54. The van der Waals surface area contributed by atoms with Crippen LogP contribution in [0.1, 0.15) is 18.4 Å². The van der Waals surface area contributed by atoms with Crippen molar-refractivity contribution in [1.82, 2.24) is 10.5 Å². The fourth-order valence-electron chi connectivity index (χ4n) is 1.54. The van der Waals surface area contributed by atoms with E-state index in [4.69, 9.17) is 9.26 Å². The van der Waals surface area contributed by atoms with Crippen molar-refractivity contribution in [2.24, 2.45) is 5.41 Å². The van der Waals surface area contributed by atoms with Gasteiger partial charge in [0, 0.05) is 18.0 Å². The van der Waals surface area contributed by atoms with E-state index >= 15 is 0 Å². The summed E-state index contributed by atoms with van der Waals surface area (Å²) >= 11 is 0. The number of ether oxygens (including phenoxy) is 1. The van der Waals surface area contributed by atoms with Crippen molar-refractivity contribution < 1.29 is 9.26 Å². The average molecular weight is 196 g/mol. The van der Waals surface area contributed by atoms with Crippen molar-refractivity contribution in [3.05, 3.63) is 17.5 Å². The number of hydrogen-bond acceptors (Lipinski definition) is 4. The van der Waals surface area contributed by atoms with Crippen LogP contribution in [0.2, 0.25) is 0 Å². The van der Waals surface area contributed by atoms with Crippen LogP contribution in [-0.2, 0) is 11.3 Å². The maximum atomic E-state index is 5.17. The van der Waals surface area contributed by atoms with E-state index in [0.29, 0.717) is 5.41 Å². The van der Waals surface area contributed by atoms with Gasteiger partial charge in [0.1, 0.15) is 0 Å². The third-order valence-corrected chi connectivity index (χ3v) is 2.43. The highest BCUT2D eigenvalue weighted by atomic mass is 16.5. The van der Waals surface area contributed by atoms with E-state index in [1.807, 2.05) is 13.0 Å². The monoisotopic (exact) mass is 196 g/mol. The van der Waals surface area contributed by atoms with Crippen molar-refractivity contribution in [2.45, 2.75) is 20.4 Å². The van der Waals surface area contributed by atoms with E-state index in [9.17, 15) is 0 Å². The summed E-state index contributed by atoms with van der Waals surface area (Å²) in [6.45, 7) is 7.57. The summed E-state index contributed by atoms with van der Waals surface area (Å²) in [5.74, 6) is 0.895. The summed E-state index contributed by atoms with van der Waals surface area (Å²) in [6, 6.07) is 1.95. The van der Waals surface area contributed by atoms with Gasteiger partial charge in [0.2, 0.25) is 0 Å². The molecule has 0 bridgehead atoms. The van der Waals surface area contributed by atoms with Crippen LogP contribution >= 0.6 is 0 Å². The lowest BCUT2D eigenvalue weighted by Crippen LogP contribution is -2.47. The van der Waals surface area contributed by atoms with Gasteiger partial charge >= 0.3 is 0 Å². The molecule has 14 heavy (non-hydrogen) atoms. The molecule has 1 aromatic heterocycles. The summed E-state index contributed by atoms with van der Waals surface area (Å²) in [7, 11) is 0. The fraction of sp³-hybridized carbons (Fsp3) is 0.700. The van der Waals surface area contributed by atoms with Gasteiger partial charge in [-0.1, -0.05) is 12.1 Å². The Balaban J connectivity index is 1.72. The van der Waals surface area contributed by atoms with E-state index < -0.39 is 0 Å². The van der Waals surface area contributed by atoms with Crippen LogP contribution in [0.15, 0.2) is 10.6 Å². The Hall–Kier alpha value is -0.870. The van der Waals surface area contributed by atoms with Crippen LogP contribution in [0.5, 0.6) is 0 Å². The molecule has 1 aliphatic rings. The Labute approximate surface area is 83.6 Å². The van der Waals surface area contributed by atoms with Crippen molar-refractivity contribution >= 4 is 0 Å². The Kier molecular flexibility index (Phi) is 2.56. The van der Waals surface area contributed by atoms with Crippen LogP contribution in [0.4, 0.5) is 0 Å². The molecule has 0 amide bonds. The maximum Gasteiger partial charge on any atom is 0.150 e. The smallest absolute Gasteiger partial charge is 0.150 e. The van der Waals surface area contributed by atoms with Gasteiger partial charge in [-0.15, -0.1) is 0 Å². The van der Waals surface area contributed by atoms with Crippen LogP contribution in [0.3, 0.4) is 0 Å². The van der Waals surface area contributed by atoms with Crippen molar-refractivity contribution in [3.63, 3.8) is 0 Å². The molecular weight excluding hydrogens is 180 g/mol. The van der Waals surface area contributed by atoms with Crippen LogP contribution in [-0.4, -0.2) is 24.9 Å². The molecule has 0 aliphatic carbocycles. The molecule has 1 fully saturated rings. The second kappa shape index (κ2) is 3.71. The lowest BCUT2D eigenvalue weighted by atomic mass is 9.89. The minimum atomic E-state index is 0.315. The van der Waals surface area contributed by atoms with E-state index in [1.165, 1.54) is 0 Å². The van der Waals surface area contributed by atoms with Gasteiger partial charge in [-0.2, -0.15) is 0 Å². The standard InChI is InChI=1S/C10H16N2O2/c1-8-3-9(14-12-8)4-11-5-10(2)6-13-7-10/h3,11H,4-7H2,1-2H3. The topological polar surface area (TPSA) is 47.3 Å². The second-order valence-electron chi connectivity index (χ2n) is 4.34. The van der Waals surface area contributed by atoms with Crippen LogP contribution in [0, 0.1) is 12.3 Å². The zero-order chi connectivity index (χ0) is 10.0. The van der Waals surface area contributed by atoms with Gasteiger partial charge in [0.05, 0.1) is 25.5 Å². The molecule has 0 saturated carbocycles. The van der Waals surface area contributed by atoms with Gasteiger partial charge in [0.25, 0.3) is 0 Å². The normalized spacial score (nSPS) is 19.3. The molecule has 1 N–H and O–H groups in total.